The molecule has 164 valence electrons. The van der Waals surface area contributed by atoms with E-state index in [0.29, 0.717) is 18.7 Å². The lowest BCUT2D eigenvalue weighted by atomic mass is 9.96. The number of hydrogen-bond donors (Lipinski definition) is 1. The average molecular weight is 420 g/mol. The van der Waals surface area contributed by atoms with Crippen molar-refractivity contribution in [1.29, 1.82) is 0 Å². The first-order valence-electron chi connectivity index (χ1n) is 11.4. The van der Waals surface area contributed by atoms with E-state index >= 15 is 0 Å². The Morgan fingerprint density at radius 2 is 1.65 bits per heavy atom. The van der Waals surface area contributed by atoms with Crippen LogP contribution in [0.1, 0.15) is 47.7 Å². The van der Waals surface area contributed by atoms with Gasteiger partial charge in [0.05, 0.1) is 5.92 Å². The van der Waals surface area contributed by atoms with Gasteiger partial charge in [0.25, 0.3) is 5.91 Å². The summed E-state index contributed by atoms with van der Waals surface area (Å²) in [6.07, 6.45) is 2.89. The molecule has 0 spiro atoms. The van der Waals surface area contributed by atoms with E-state index in [1.165, 1.54) is 12.1 Å². The van der Waals surface area contributed by atoms with E-state index in [2.05, 4.69) is 35.3 Å². The van der Waals surface area contributed by atoms with Crippen molar-refractivity contribution < 1.29 is 9.59 Å². The van der Waals surface area contributed by atoms with Gasteiger partial charge in [-0.05, 0) is 75.4 Å². The van der Waals surface area contributed by atoms with Gasteiger partial charge < -0.3 is 15.1 Å². The Balaban J connectivity index is 1.37. The van der Waals surface area contributed by atoms with Crippen LogP contribution in [0.2, 0.25) is 0 Å². The maximum Gasteiger partial charge on any atom is 0.253 e. The van der Waals surface area contributed by atoms with Gasteiger partial charge in [0, 0.05) is 43.1 Å². The van der Waals surface area contributed by atoms with Crippen molar-refractivity contribution in [1.82, 2.24) is 4.90 Å². The van der Waals surface area contributed by atoms with Crippen LogP contribution in [-0.2, 0) is 4.79 Å². The number of hydrogen-bond acceptors (Lipinski definition) is 3. The lowest BCUT2D eigenvalue weighted by molar-refractivity contribution is -0.121. The third kappa shape index (κ3) is 5.09. The molecular formula is C26H33N3O2. The summed E-state index contributed by atoms with van der Waals surface area (Å²) in [7, 11) is 0. The number of piperidine rings is 1. The van der Waals surface area contributed by atoms with Crippen LogP contribution in [0, 0.1) is 25.7 Å². The minimum atomic E-state index is -0.178. The monoisotopic (exact) mass is 419 g/mol. The predicted octanol–water partition coefficient (Wildman–Crippen LogP) is 4.64. The van der Waals surface area contributed by atoms with Crippen molar-refractivity contribution in [2.24, 2.45) is 11.8 Å². The van der Waals surface area contributed by atoms with E-state index < -0.39 is 0 Å². The predicted molar refractivity (Wildman–Crippen MR) is 126 cm³/mol. The van der Waals surface area contributed by atoms with Crippen LogP contribution < -0.4 is 10.2 Å². The van der Waals surface area contributed by atoms with Gasteiger partial charge in [0.1, 0.15) is 0 Å². The summed E-state index contributed by atoms with van der Waals surface area (Å²) in [4.78, 5) is 30.1. The number of aryl methyl sites for hydroxylation is 2. The van der Waals surface area contributed by atoms with Crippen LogP contribution in [-0.4, -0.2) is 42.9 Å². The molecular weight excluding hydrogens is 386 g/mol. The fourth-order valence-corrected chi connectivity index (χ4v) is 4.83. The van der Waals surface area contributed by atoms with Gasteiger partial charge in [-0.15, -0.1) is 0 Å². The minimum Gasteiger partial charge on any atom is -0.371 e. The van der Waals surface area contributed by atoms with E-state index in [1.54, 1.807) is 0 Å². The second-order valence-corrected chi connectivity index (χ2v) is 9.34. The number of rotatable bonds is 4. The summed E-state index contributed by atoms with van der Waals surface area (Å²) < 4.78 is 0. The zero-order valence-electron chi connectivity index (χ0n) is 18.9. The third-order valence-electron chi connectivity index (χ3n) is 6.47. The second-order valence-electron chi connectivity index (χ2n) is 9.34. The topological polar surface area (TPSA) is 52.7 Å². The number of carbonyl (C=O) groups is 2. The molecule has 2 saturated heterocycles. The molecule has 5 heteroatoms. The Bertz CT molecular complexity index is 933. The minimum absolute atomic E-state index is 0.000433. The number of likely N-dealkylation sites (tertiary alicyclic amines) is 1. The van der Waals surface area contributed by atoms with Gasteiger partial charge in [-0.2, -0.15) is 0 Å². The van der Waals surface area contributed by atoms with Crippen molar-refractivity contribution in [3.8, 4) is 0 Å². The Morgan fingerprint density at radius 3 is 2.29 bits per heavy atom. The first kappa shape index (κ1) is 21.4. The highest BCUT2D eigenvalue weighted by molar-refractivity contribution is 5.96. The maximum atomic E-state index is 13.0. The highest BCUT2D eigenvalue weighted by atomic mass is 16.2. The van der Waals surface area contributed by atoms with Gasteiger partial charge in [0.2, 0.25) is 5.91 Å². The Kier molecular flexibility index (Phi) is 6.30. The molecule has 2 aliphatic heterocycles. The number of nitrogens with zero attached hydrogens (tertiary/aromatic N) is 2. The molecule has 0 saturated carbocycles. The van der Waals surface area contributed by atoms with Crippen LogP contribution in [0.15, 0.2) is 42.5 Å². The van der Waals surface area contributed by atoms with Gasteiger partial charge in [0.15, 0.2) is 0 Å². The summed E-state index contributed by atoms with van der Waals surface area (Å²) in [5.74, 6) is 0.580. The van der Waals surface area contributed by atoms with Crippen molar-refractivity contribution in [2.45, 2.75) is 40.0 Å². The molecule has 0 radical (unpaired) electrons. The number of carbonyl (C=O) groups excluding carboxylic acids is 2. The molecule has 1 N–H and O–H groups in total. The van der Waals surface area contributed by atoms with Gasteiger partial charge in [-0.25, -0.2) is 0 Å². The molecule has 2 unspecified atom stereocenters. The largest absolute Gasteiger partial charge is 0.371 e. The molecule has 2 heterocycles. The zero-order valence-corrected chi connectivity index (χ0v) is 18.9. The lowest BCUT2D eigenvalue weighted by Gasteiger charge is -2.32. The molecule has 5 nitrogen and oxygen atoms in total. The molecule has 2 aliphatic rings. The number of nitrogens with one attached hydrogen (secondary N) is 1. The Morgan fingerprint density at radius 1 is 0.935 bits per heavy atom. The average Bonchev–Trinajstić information content (AvgIpc) is 3.19. The van der Waals surface area contributed by atoms with Crippen LogP contribution >= 0.6 is 0 Å². The van der Waals surface area contributed by atoms with E-state index in [9.17, 15) is 9.59 Å². The summed E-state index contributed by atoms with van der Waals surface area (Å²) in [6, 6.07) is 14.1. The van der Waals surface area contributed by atoms with Crippen LogP contribution in [0.5, 0.6) is 0 Å². The van der Waals surface area contributed by atoms with Crippen LogP contribution in [0.3, 0.4) is 0 Å². The fraction of sp³-hybridized carbons (Fsp3) is 0.462. The Labute approximate surface area is 185 Å². The van der Waals surface area contributed by atoms with Crippen molar-refractivity contribution in [2.75, 3.05) is 36.4 Å². The number of anilines is 2. The molecule has 31 heavy (non-hydrogen) atoms. The molecule has 0 bridgehead atoms. The highest BCUT2D eigenvalue weighted by Gasteiger charge is 2.29. The summed E-state index contributed by atoms with van der Waals surface area (Å²) in [6.45, 7) is 9.67. The summed E-state index contributed by atoms with van der Waals surface area (Å²) >= 11 is 0. The standard InChI is InChI=1S/C26H33N3O2/c1-18-10-12-28(16-18)24-8-6-23(7-9-24)27-25(30)21-5-4-11-29(17-21)26(31)22-14-19(2)13-20(3)15-22/h6-9,13-15,18,21H,4-5,10-12,16-17H2,1-3H3,(H,27,30). The first-order chi connectivity index (χ1) is 14.9. The van der Waals surface area contributed by atoms with E-state index in [4.69, 9.17) is 0 Å². The quantitative estimate of drug-likeness (QED) is 0.785. The maximum absolute atomic E-state index is 13.0. The SMILES string of the molecule is Cc1cc(C)cc(C(=O)N2CCCC(C(=O)Nc3ccc(N4CCC(C)C4)cc3)C2)c1. The molecule has 2 aromatic rings. The second kappa shape index (κ2) is 9.13. The van der Waals surface area contributed by atoms with E-state index in [-0.39, 0.29) is 17.7 Å². The first-order valence-corrected chi connectivity index (χ1v) is 11.4. The summed E-state index contributed by atoms with van der Waals surface area (Å²) in [5.41, 5.74) is 4.91. The van der Waals surface area contributed by atoms with Crippen LogP contribution in [0.4, 0.5) is 11.4 Å². The summed E-state index contributed by atoms with van der Waals surface area (Å²) in [5, 5.41) is 3.06. The Hall–Kier alpha value is -2.82. The van der Waals surface area contributed by atoms with Gasteiger partial charge in [-0.1, -0.05) is 24.1 Å². The van der Waals surface area contributed by atoms with Gasteiger partial charge >= 0.3 is 0 Å². The smallest absolute Gasteiger partial charge is 0.253 e. The normalized spacial score (nSPS) is 21.3. The van der Waals surface area contributed by atoms with E-state index in [0.717, 1.165) is 48.7 Å². The highest BCUT2D eigenvalue weighted by Crippen LogP contribution is 2.26. The number of benzene rings is 2. The molecule has 2 aromatic carbocycles. The molecule has 2 atom stereocenters. The fourth-order valence-electron chi connectivity index (χ4n) is 4.83. The van der Waals surface area contributed by atoms with Crippen LogP contribution in [0.25, 0.3) is 0 Å². The molecule has 4 rings (SSSR count). The number of amides is 2. The van der Waals surface area contributed by atoms with Gasteiger partial charge in [-0.3, -0.25) is 9.59 Å². The van der Waals surface area contributed by atoms with Crippen molar-refractivity contribution in [3.63, 3.8) is 0 Å². The molecule has 2 amide bonds. The van der Waals surface area contributed by atoms with E-state index in [1.807, 2.05) is 43.0 Å². The van der Waals surface area contributed by atoms with Crippen molar-refractivity contribution in [3.05, 3.63) is 59.2 Å². The molecule has 0 aliphatic carbocycles. The lowest BCUT2D eigenvalue weighted by Crippen LogP contribution is -2.43. The third-order valence-corrected chi connectivity index (χ3v) is 6.47. The van der Waals surface area contributed by atoms with Crippen molar-refractivity contribution >= 4 is 23.2 Å². The molecule has 2 fully saturated rings. The molecule has 0 aromatic heterocycles. The zero-order chi connectivity index (χ0) is 22.0.